The first-order chi connectivity index (χ1) is 5.74. The first-order valence-electron chi connectivity index (χ1n) is 3.42. The van der Waals surface area contributed by atoms with E-state index in [2.05, 4.69) is 4.99 Å². The van der Waals surface area contributed by atoms with Gasteiger partial charge in [-0.1, -0.05) is 29.7 Å². The number of aliphatic imine (C=N–C) groups is 1. The van der Waals surface area contributed by atoms with E-state index in [9.17, 15) is 0 Å². The molecule has 0 heterocycles. The number of benzene rings is 1. The molecule has 0 unspecified atom stereocenters. The topological polar surface area (TPSA) is 62.2 Å². The van der Waals surface area contributed by atoms with E-state index in [0.717, 1.165) is 11.9 Å². The fourth-order valence-corrected chi connectivity index (χ4v) is 0.842. The van der Waals surface area contributed by atoms with Crippen LogP contribution < -0.4 is 11.2 Å². The van der Waals surface area contributed by atoms with Crippen LogP contribution in [-0.2, 0) is 0 Å². The summed E-state index contributed by atoms with van der Waals surface area (Å²) in [5.41, 5.74) is 6.89. The molecule has 3 nitrogen and oxygen atoms in total. The zero-order valence-corrected chi connectivity index (χ0v) is 6.49. The van der Waals surface area contributed by atoms with Gasteiger partial charge in [-0.15, -0.1) is 0 Å². The maximum atomic E-state index is 6.71. The summed E-state index contributed by atoms with van der Waals surface area (Å²) in [6.07, 6.45) is 0.901. The lowest BCUT2D eigenvalue weighted by Gasteiger charge is -1.99. The third-order valence-corrected chi connectivity index (χ3v) is 1.39. The van der Waals surface area contributed by atoms with Crippen LogP contribution >= 0.6 is 0 Å². The lowest BCUT2D eigenvalue weighted by molar-refractivity contribution is 1.48. The van der Waals surface area contributed by atoms with Gasteiger partial charge in [0.25, 0.3) is 0 Å². The highest BCUT2D eigenvalue weighted by molar-refractivity contribution is 6.32. The monoisotopic (exact) mass is 157 g/mol. The summed E-state index contributed by atoms with van der Waals surface area (Å²) in [5, 5.41) is 6.71. The first-order valence-corrected chi connectivity index (χ1v) is 3.42. The van der Waals surface area contributed by atoms with E-state index in [1.807, 2.05) is 0 Å². The van der Waals surface area contributed by atoms with E-state index in [0.29, 0.717) is 11.3 Å². The summed E-state index contributed by atoms with van der Waals surface area (Å²) in [4.78, 5) is 3.62. The second kappa shape index (κ2) is 3.71. The van der Waals surface area contributed by atoms with Crippen molar-refractivity contribution in [1.82, 2.24) is 0 Å². The molecular weight excluding hydrogens is 149 g/mol. The van der Waals surface area contributed by atoms with E-state index >= 15 is 0 Å². The minimum absolute atomic E-state index is 0.303. The van der Waals surface area contributed by atoms with Crippen LogP contribution in [0.5, 0.6) is 0 Å². The Morgan fingerprint density at radius 2 is 2.33 bits per heavy atom. The Bertz CT molecular complexity index is 320. The smallest absolute Gasteiger partial charge is 0.132 e. The van der Waals surface area contributed by atoms with Gasteiger partial charge in [0.2, 0.25) is 0 Å². The molecule has 0 aliphatic carbocycles. The summed E-state index contributed by atoms with van der Waals surface area (Å²) >= 11 is 0. The molecule has 0 fully saturated rings. The molecule has 0 saturated carbocycles. The normalized spacial score (nSPS) is 11.2. The molecule has 0 bridgehead atoms. The second-order valence-electron chi connectivity index (χ2n) is 2.27. The molecule has 1 aromatic carbocycles. The van der Waals surface area contributed by atoms with Gasteiger partial charge in [-0.05, 0) is 0 Å². The lowest BCUT2D eigenvalue weighted by Crippen LogP contribution is -2.16. The van der Waals surface area contributed by atoms with Crippen molar-refractivity contribution in [3.8, 4) is 0 Å². The van der Waals surface area contributed by atoms with E-state index < -0.39 is 0 Å². The molecule has 0 aromatic heterocycles. The molecule has 0 saturated heterocycles. The molecule has 1 aromatic rings. The maximum Gasteiger partial charge on any atom is 0.132 e. The average molecular weight is 157 g/mol. The minimum atomic E-state index is 0.303. The molecule has 3 N–H and O–H groups in total. The molecule has 0 aliphatic rings. The van der Waals surface area contributed by atoms with Crippen molar-refractivity contribution >= 4 is 25.5 Å². The van der Waals surface area contributed by atoms with Crippen molar-refractivity contribution in [3.63, 3.8) is 0 Å². The second-order valence-corrected chi connectivity index (χ2v) is 2.27. The quantitative estimate of drug-likeness (QED) is 0.348. The van der Waals surface area contributed by atoms with Gasteiger partial charge in [0, 0.05) is 5.56 Å². The fourth-order valence-electron chi connectivity index (χ4n) is 0.842. The molecule has 0 aliphatic heterocycles. The highest BCUT2D eigenvalue weighted by Crippen LogP contribution is 1.94. The highest BCUT2D eigenvalue weighted by atomic mass is 14.9. The Morgan fingerprint density at radius 3 is 2.92 bits per heavy atom. The van der Waals surface area contributed by atoms with Crippen molar-refractivity contribution in [2.45, 2.75) is 0 Å². The number of hydrogen-bond donors (Lipinski definition) is 2. The van der Waals surface area contributed by atoms with Gasteiger partial charge in [-0.2, -0.15) is 0 Å². The molecule has 58 valence electrons. The van der Waals surface area contributed by atoms with Gasteiger partial charge < -0.3 is 5.73 Å². The summed E-state index contributed by atoms with van der Waals surface area (Å²) in [6, 6.07) is 7.05. The summed E-state index contributed by atoms with van der Waals surface area (Å²) in [7, 11) is 5.52. The number of rotatable bonds is 2. The van der Waals surface area contributed by atoms with Crippen LogP contribution in [0.15, 0.2) is 29.3 Å². The first kappa shape index (κ1) is 8.52. The molecule has 2 radical (unpaired) electrons. The van der Waals surface area contributed by atoms with Crippen molar-refractivity contribution in [2.24, 2.45) is 10.7 Å². The predicted octanol–water partition coefficient (Wildman–Crippen LogP) is -0.207. The van der Waals surface area contributed by atoms with Gasteiger partial charge in [-0.25, -0.2) is 4.99 Å². The van der Waals surface area contributed by atoms with Gasteiger partial charge in [0.15, 0.2) is 0 Å². The van der Waals surface area contributed by atoms with E-state index in [1.165, 1.54) is 0 Å². The molecule has 0 spiro atoms. The highest BCUT2D eigenvalue weighted by Gasteiger charge is 1.95. The summed E-state index contributed by atoms with van der Waals surface area (Å²) in [5.74, 6) is 0.303. The van der Waals surface area contributed by atoms with Crippen molar-refractivity contribution < 1.29 is 0 Å². The van der Waals surface area contributed by atoms with Crippen LogP contribution in [0.4, 0.5) is 0 Å². The summed E-state index contributed by atoms with van der Waals surface area (Å²) < 4.78 is 0. The van der Waals surface area contributed by atoms with Crippen LogP contribution in [0.3, 0.4) is 0 Å². The molecule has 0 atom stereocenters. The van der Waals surface area contributed by atoms with Crippen LogP contribution in [-0.4, -0.2) is 20.0 Å². The van der Waals surface area contributed by atoms with Gasteiger partial charge >= 0.3 is 0 Å². The van der Waals surface area contributed by atoms with E-state index in [1.54, 1.807) is 24.3 Å². The lowest BCUT2D eigenvalue weighted by atomic mass is 9.94. The Balaban J connectivity index is 3.03. The standard InChI is InChI=1S/C8H8BN3/c9-7-3-1-2-6(4-7)8(11)12-5-10/h1-5H,(H3,10,11,12). The van der Waals surface area contributed by atoms with Crippen molar-refractivity contribution in [3.05, 3.63) is 29.8 Å². The Kier molecular flexibility index (Phi) is 2.64. The number of amidine groups is 1. The fraction of sp³-hybridized carbons (Fsp3) is 0. The molecule has 0 amide bonds. The van der Waals surface area contributed by atoms with Crippen LogP contribution in [0.25, 0.3) is 0 Å². The Hall–Kier alpha value is -1.58. The number of nitrogens with one attached hydrogen (secondary N) is 1. The molecule has 1 rings (SSSR count). The third-order valence-electron chi connectivity index (χ3n) is 1.39. The molecule has 4 heteroatoms. The zero-order valence-electron chi connectivity index (χ0n) is 6.49. The van der Waals surface area contributed by atoms with Gasteiger partial charge in [0.05, 0.1) is 0 Å². The SMILES string of the molecule is [B]c1cccc(C(N)=NC=N)c1. The Morgan fingerprint density at radius 1 is 1.58 bits per heavy atom. The number of nitrogens with zero attached hydrogens (tertiary/aromatic N) is 1. The molecule has 12 heavy (non-hydrogen) atoms. The minimum Gasteiger partial charge on any atom is -0.383 e. The van der Waals surface area contributed by atoms with E-state index in [-0.39, 0.29) is 0 Å². The van der Waals surface area contributed by atoms with Crippen molar-refractivity contribution in [1.29, 1.82) is 5.41 Å². The number of hydrogen-bond acceptors (Lipinski definition) is 1. The van der Waals surface area contributed by atoms with Gasteiger partial charge in [-0.3, -0.25) is 5.41 Å². The van der Waals surface area contributed by atoms with Crippen LogP contribution in [0, 0.1) is 5.41 Å². The van der Waals surface area contributed by atoms with E-state index in [4.69, 9.17) is 19.0 Å². The Labute approximate surface area is 72.2 Å². The van der Waals surface area contributed by atoms with Crippen LogP contribution in [0.1, 0.15) is 5.56 Å². The largest absolute Gasteiger partial charge is 0.383 e. The van der Waals surface area contributed by atoms with Crippen molar-refractivity contribution in [2.75, 3.05) is 0 Å². The summed E-state index contributed by atoms with van der Waals surface area (Å²) in [6.45, 7) is 0. The molecular formula is C8H8BN3. The maximum absolute atomic E-state index is 6.71. The third kappa shape index (κ3) is 1.95. The van der Waals surface area contributed by atoms with Gasteiger partial charge in [0.1, 0.15) is 20.0 Å². The number of nitrogens with two attached hydrogens (primary N) is 1. The predicted molar refractivity (Wildman–Crippen MR) is 51.3 cm³/mol. The van der Waals surface area contributed by atoms with Crippen LogP contribution in [0.2, 0.25) is 0 Å². The average Bonchev–Trinajstić information content (AvgIpc) is 2.05. The zero-order chi connectivity index (χ0) is 8.97.